The van der Waals surface area contributed by atoms with Crippen LogP contribution >= 0.6 is 8.03 Å². The molecule has 0 aliphatic heterocycles. The number of aliphatic hydroxyl groups is 1. The number of aliphatic carboxylic acids is 1. The second-order valence-corrected chi connectivity index (χ2v) is 3.60. The first-order valence-corrected chi connectivity index (χ1v) is 4.61. The van der Waals surface area contributed by atoms with E-state index >= 15 is 0 Å². The van der Waals surface area contributed by atoms with E-state index in [1.54, 1.807) is 0 Å². The molecule has 0 saturated carbocycles. The molecule has 0 aromatic heterocycles. The molecule has 6 nitrogen and oxygen atoms in total. The smallest absolute Gasteiger partial charge is 0.550 e. The van der Waals surface area contributed by atoms with Crippen LogP contribution in [0.15, 0.2) is 0 Å². The molecule has 0 aliphatic carbocycles. The van der Waals surface area contributed by atoms with E-state index < -0.39 is 38.7 Å². The third-order valence-electron chi connectivity index (χ3n) is 1.26. The van der Waals surface area contributed by atoms with Gasteiger partial charge in [-0.05, 0) is 4.57 Å². The Bertz CT molecular complexity index is 230. The van der Waals surface area contributed by atoms with Gasteiger partial charge in [0.25, 0.3) is 0 Å². The van der Waals surface area contributed by atoms with Crippen LogP contribution in [0.3, 0.4) is 0 Å². The summed E-state index contributed by atoms with van der Waals surface area (Å²) in [6.07, 6.45) is -0.419. The van der Waals surface area contributed by atoms with Crippen molar-refractivity contribution in [2.45, 2.75) is 13.3 Å². The molecule has 0 saturated heterocycles. The van der Waals surface area contributed by atoms with Crippen LogP contribution in [0.5, 0.6) is 0 Å². The Morgan fingerprint density at radius 1 is 1.57 bits per heavy atom. The van der Waals surface area contributed by atoms with Gasteiger partial charge in [-0.3, -0.25) is 0 Å². The first-order valence-electron chi connectivity index (χ1n) is 3.43. The third-order valence-corrected chi connectivity index (χ3v) is 2.20. The topological polar surface area (TPSA) is 104 Å². The maximum atomic E-state index is 10.8. The number of aliphatic hydroxyl groups excluding tert-OH is 1. The molecule has 0 fully saturated rings. The standard InChI is InChI=1S/C6H9O6P.Na/c1-4(6(9)10)2-5(8)13(11)12-3-7;/h4,7H,2-3H2,1H3;/q;+1. The van der Waals surface area contributed by atoms with E-state index in [1.165, 1.54) is 6.92 Å². The van der Waals surface area contributed by atoms with Crippen LogP contribution in [-0.4, -0.2) is 23.4 Å². The Balaban J connectivity index is 0. The fourth-order valence-corrected chi connectivity index (χ4v) is 1.22. The van der Waals surface area contributed by atoms with Gasteiger partial charge in [0.05, 0.1) is 6.42 Å². The molecule has 8 heteroatoms. The Morgan fingerprint density at radius 3 is 2.43 bits per heavy atom. The molecule has 0 bridgehead atoms. The predicted octanol–water partition coefficient (Wildman–Crippen LogP) is -4.00. The second kappa shape index (κ2) is 8.47. The molecular formula is C6H9NaO6P+. The van der Waals surface area contributed by atoms with Crippen LogP contribution < -0.4 is 34.7 Å². The van der Waals surface area contributed by atoms with Gasteiger partial charge in [-0.2, -0.15) is 0 Å². The Kier molecular flexibility index (Phi) is 10.0. The van der Waals surface area contributed by atoms with Gasteiger partial charge in [0, 0.05) is 11.9 Å². The van der Waals surface area contributed by atoms with Gasteiger partial charge in [-0.1, -0.05) is 6.92 Å². The second-order valence-electron chi connectivity index (χ2n) is 2.33. The average Bonchev–Trinajstić information content (AvgIpc) is 2.04. The van der Waals surface area contributed by atoms with Crippen molar-refractivity contribution in [3.63, 3.8) is 0 Å². The van der Waals surface area contributed by atoms with E-state index in [0.717, 1.165) is 0 Å². The summed E-state index contributed by atoms with van der Waals surface area (Å²) in [7, 11) is -2.63. The molecule has 2 unspecified atom stereocenters. The average molecular weight is 231 g/mol. The summed E-state index contributed by atoms with van der Waals surface area (Å²) in [5.41, 5.74) is -0.847. The molecule has 0 radical (unpaired) electrons. The van der Waals surface area contributed by atoms with Crippen LogP contribution in [0.2, 0.25) is 0 Å². The molecule has 0 amide bonds. The van der Waals surface area contributed by atoms with Crippen LogP contribution in [-0.2, 0) is 18.7 Å². The number of hydrogen-bond donors (Lipinski definition) is 1. The summed E-state index contributed by atoms with van der Waals surface area (Å²) >= 11 is 0. The SMILES string of the molecule is CC(CC(=O)[P+](=O)OCO)C(=O)[O-].[Na+]. The van der Waals surface area contributed by atoms with E-state index in [9.17, 15) is 19.3 Å². The van der Waals surface area contributed by atoms with Crippen molar-refractivity contribution in [2.75, 3.05) is 6.79 Å². The fraction of sp³-hybridized carbons (Fsp3) is 0.667. The van der Waals surface area contributed by atoms with Crippen molar-refractivity contribution in [3.05, 3.63) is 0 Å². The first kappa shape index (κ1) is 16.6. The number of carbonyl (C=O) groups excluding carboxylic acids is 2. The summed E-state index contributed by atoms with van der Waals surface area (Å²) in [5, 5.41) is 18.3. The molecule has 1 N–H and O–H groups in total. The van der Waals surface area contributed by atoms with Gasteiger partial charge < -0.3 is 15.0 Å². The van der Waals surface area contributed by atoms with Gasteiger partial charge in [-0.15, -0.1) is 4.52 Å². The Morgan fingerprint density at radius 2 is 2.07 bits per heavy atom. The Labute approximate surface area is 104 Å². The largest absolute Gasteiger partial charge is 1.00 e. The van der Waals surface area contributed by atoms with E-state index in [0.29, 0.717) is 0 Å². The molecule has 2 atom stereocenters. The molecule has 0 aromatic rings. The number of carboxylic acid groups (broad SMARTS) is 1. The zero-order valence-electron chi connectivity index (χ0n) is 7.93. The zero-order chi connectivity index (χ0) is 10.4. The van der Waals surface area contributed by atoms with Crippen molar-refractivity contribution in [1.29, 1.82) is 0 Å². The molecule has 14 heavy (non-hydrogen) atoms. The van der Waals surface area contributed by atoms with E-state index in [4.69, 9.17) is 5.11 Å². The van der Waals surface area contributed by atoms with Crippen molar-refractivity contribution in [3.8, 4) is 0 Å². The number of rotatable bonds is 6. The fourth-order valence-electron chi connectivity index (χ4n) is 0.544. The quantitative estimate of drug-likeness (QED) is 0.284. The third kappa shape index (κ3) is 6.59. The number of carboxylic acids is 1. The normalized spacial score (nSPS) is 12.6. The van der Waals surface area contributed by atoms with E-state index in [1.807, 2.05) is 0 Å². The van der Waals surface area contributed by atoms with E-state index in [2.05, 4.69) is 4.52 Å². The van der Waals surface area contributed by atoms with Gasteiger partial charge in [0.2, 0.25) is 0 Å². The van der Waals surface area contributed by atoms with Gasteiger partial charge in [0.1, 0.15) is 0 Å². The minimum Gasteiger partial charge on any atom is -0.550 e. The van der Waals surface area contributed by atoms with Crippen molar-refractivity contribution in [2.24, 2.45) is 5.92 Å². The maximum Gasteiger partial charge on any atom is 1.00 e. The molecule has 74 valence electrons. The summed E-state index contributed by atoms with van der Waals surface area (Å²) in [6, 6.07) is 0. The Hall–Kier alpha value is 0.160. The summed E-state index contributed by atoms with van der Waals surface area (Å²) < 4.78 is 14.8. The minimum absolute atomic E-state index is 0. The maximum absolute atomic E-state index is 10.8. The van der Waals surface area contributed by atoms with Gasteiger partial charge >= 0.3 is 43.1 Å². The summed E-state index contributed by atoms with van der Waals surface area (Å²) in [5.74, 6) is -2.39. The molecular weight excluding hydrogens is 222 g/mol. The van der Waals surface area contributed by atoms with Crippen molar-refractivity contribution >= 4 is 19.5 Å². The minimum atomic E-state index is -2.63. The molecule has 0 rings (SSSR count). The zero-order valence-corrected chi connectivity index (χ0v) is 10.8. The summed E-state index contributed by atoms with van der Waals surface area (Å²) in [6.45, 7) is 0.427. The number of carbonyl (C=O) groups is 2. The van der Waals surface area contributed by atoms with Crippen molar-refractivity contribution in [1.82, 2.24) is 0 Å². The predicted molar refractivity (Wildman–Crippen MR) is 39.6 cm³/mol. The van der Waals surface area contributed by atoms with Crippen LogP contribution in [0.1, 0.15) is 13.3 Å². The molecule has 0 aromatic carbocycles. The molecule has 0 heterocycles. The summed E-state index contributed by atoms with van der Waals surface area (Å²) in [4.78, 5) is 21.0. The molecule has 0 aliphatic rings. The first-order chi connectivity index (χ1) is 5.99. The van der Waals surface area contributed by atoms with Gasteiger partial charge in [-0.25, -0.2) is 4.79 Å². The van der Waals surface area contributed by atoms with E-state index in [-0.39, 0.29) is 29.6 Å². The monoisotopic (exact) mass is 231 g/mol. The number of hydrogen-bond acceptors (Lipinski definition) is 6. The molecule has 0 spiro atoms. The van der Waals surface area contributed by atoms with Crippen LogP contribution in [0.25, 0.3) is 0 Å². The van der Waals surface area contributed by atoms with Crippen LogP contribution in [0, 0.1) is 5.92 Å². The van der Waals surface area contributed by atoms with Crippen LogP contribution in [0.4, 0.5) is 0 Å². The van der Waals surface area contributed by atoms with Gasteiger partial charge in [0.15, 0.2) is 6.79 Å². The van der Waals surface area contributed by atoms with Crippen molar-refractivity contribution < 1.29 is 58.4 Å².